The van der Waals surface area contributed by atoms with Crippen LogP contribution in [0.4, 0.5) is 9.93 Å². The van der Waals surface area contributed by atoms with Crippen LogP contribution in [0.3, 0.4) is 0 Å². The maximum Gasteiger partial charge on any atom is 0.323 e. The molecule has 29 heavy (non-hydrogen) atoms. The van der Waals surface area contributed by atoms with Crippen molar-refractivity contribution in [1.29, 1.82) is 0 Å². The van der Waals surface area contributed by atoms with Crippen LogP contribution in [0, 0.1) is 5.41 Å². The van der Waals surface area contributed by atoms with Gasteiger partial charge >= 0.3 is 6.03 Å². The first-order valence-corrected chi connectivity index (χ1v) is 10.7. The molecule has 5 rings (SSSR count). The number of methoxy groups -OCH3 is 1. The number of fused-ring (bicyclic) bond motifs is 1. The Balaban J connectivity index is 1.40. The van der Waals surface area contributed by atoms with Gasteiger partial charge in [-0.3, -0.25) is 5.32 Å². The maximum absolute atomic E-state index is 12.8. The van der Waals surface area contributed by atoms with E-state index in [1.165, 1.54) is 16.9 Å². The molecule has 0 bridgehead atoms. The van der Waals surface area contributed by atoms with E-state index in [1.807, 2.05) is 11.1 Å². The van der Waals surface area contributed by atoms with Gasteiger partial charge in [0.1, 0.15) is 5.52 Å². The summed E-state index contributed by atoms with van der Waals surface area (Å²) in [5, 5.41) is 3.55. The summed E-state index contributed by atoms with van der Waals surface area (Å²) in [6.45, 7) is 4.34. The molecule has 0 radical (unpaired) electrons. The summed E-state index contributed by atoms with van der Waals surface area (Å²) < 4.78 is 17.4. The van der Waals surface area contributed by atoms with E-state index in [0.717, 1.165) is 55.8 Å². The van der Waals surface area contributed by atoms with Crippen molar-refractivity contribution >= 4 is 38.3 Å². The van der Waals surface area contributed by atoms with Gasteiger partial charge in [-0.05, 0) is 24.8 Å². The van der Waals surface area contributed by atoms with E-state index < -0.39 is 0 Å². The van der Waals surface area contributed by atoms with Crippen molar-refractivity contribution < 1.29 is 19.0 Å². The minimum atomic E-state index is -0.105. The average Bonchev–Trinajstić information content (AvgIpc) is 3.48. The van der Waals surface area contributed by atoms with Gasteiger partial charge in [-0.2, -0.15) is 0 Å². The molecule has 2 amide bonds. The first-order valence-electron chi connectivity index (χ1n) is 9.92. The molecule has 0 aliphatic carbocycles. The maximum atomic E-state index is 12.8. The summed E-state index contributed by atoms with van der Waals surface area (Å²) in [6.07, 6.45) is 6.77. The molecule has 2 saturated heterocycles. The number of urea groups is 1. The molecule has 3 aliphatic rings. The molecule has 1 N–H and O–H groups in total. The normalized spacial score (nSPS) is 24.3. The fourth-order valence-corrected chi connectivity index (χ4v) is 5.34. The molecule has 5 heterocycles. The predicted molar refractivity (Wildman–Crippen MR) is 110 cm³/mol. The number of ether oxygens (including phenoxy) is 3. The van der Waals surface area contributed by atoms with Crippen LogP contribution in [0.5, 0.6) is 5.88 Å². The van der Waals surface area contributed by atoms with Gasteiger partial charge in [-0.15, -0.1) is 0 Å². The highest BCUT2D eigenvalue weighted by molar-refractivity contribution is 7.22. The SMILES string of the molecule is COc1ncc(C2=CCOCC2)c2sc(NC(=O)N3CCC4(CCOC4)C3)nc12. The molecule has 2 aromatic heterocycles. The lowest BCUT2D eigenvalue weighted by atomic mass is 9.87. The molecule has 1 atom stereocenters. The van der Waals surface area contributed by atoms with E-state index in [2.05, 4.69) is 21.4 Å². The van der Waals surface area contributed by atoms with E-state index in [9.17, 15) is 4.79 Å². The van der Waals surface area contributed by atoms with Crippen LogP contribution in [-0.4, -0.2) is 67.5 Å². The molecule has 1 spiro atoms. The number of hydrogen-bond donors (Lipinski definition) is 1. The van der Waals surface area contributed by atoms with Crippen LogP contribution >= 0.6 is 11.3 Å². The standard InChI is InChI=1S/C20H24N4O4S/c1-26-17-15-16(14(10-21-17)13-2-7-27-8-3-13)29-18(22-15)23-19(25)24-6-4-20(11-24)5-9-28-12-20/h2,10H,3-9,11-12H2,1H3,(H,22,23,25). The van der Waals surface area contributed by atoms with Crippen LogP contribution in [0.1, 0.15) is 24.8 Å². The van der Waals surface area contributed by atoms with Crippen molar-refractivity contribution in [1.82, 2.24) is 14.9 Å². The lowest BCUT2D eigenvalue weighted by molar-refractivity contribution is 0.154. The number of hydrogen-bond acceptors (Lipinski definition) is 7. The first-order chi connectivity index (χ1) is 14.2. The van der Waals surface area contributed by atoms with Crippen LogP contribution in [0.25, 0.3) is 15.8 Å². The Morgan fingerprint density at radius 2 is 2.28 bits per heavy atom. The molecule has 154 valence electrons. The number of carbonyl (C=O) groups is 1. The highest BCUT2D eigenvalue weighted by Crippen LogP contribution is 2.40. The van der Waals surface area contributed by atoms with Gasteiger partial charge < -0.3 is 19.1 Å². The van der Waals surface area contributed by atoms with E-state index >= 15 is 0 Å². The molecule has 3 aliphatic heterocycles. The summed E-state index contributed by atoms with van der Waals surface area (Å²) >= 11 is 1.46. The summed E-state index contributed by atoms with van der Waals surface area (Å²) in [7, 11) is 1.58. The van der Waals surface area contributed by atoms with Crippen molar-refractivity contribution in [2.24, 2.45) is 5.41 Å². The summed E-state index contributed by atoms with van der Waals surface area (Å²) in [5.41, 5.74) is 3.05. The fourth-order valence-electron chi connectivity index (χ4n) is 4.34. The fraction of sp³-hybridized carbons (Fsp3) is 0.550. The zero-order valence-electron chi connectivity index (χ0n) is 16.4. The van der Waals surface area contributed by atoms with Gasteiger partial charge in [0.2, 0.25) is 5.88 Å². The number of carbonyl (C=O) groups excluding carboxylic acids is 1. The van der Waals surface area contributed by atoms with Gasteiger partial charge in [0, 0.05) is 36.9 Å². The highest BCUT2D eigenvalue weighted by Gasteiger charge is 2.42. The first kappa shape index (κ1) is 18.8. The van der Waals surface area contributed by atoms with Gasteiger partial charge in [-0.25, -0.2) is 14.8 Å². The van der Waals surface area contributed by atoms with Crippen molar-refractivity contribution in [3.63, 3.8) is 0 Å². The largest absolute Gasteiger partial charge is 0.479 e. The molecule has 0 aromatic carbocycles. The van der Waals surface area contributed by atoms with Crippen LogP contribution in [0.15, 0.2) is 12.3 Å². The lowest BCUT2D eigenvalue weighted by Crippen LogP contribution is -2.35. The third-order valence-corrected chi connectivity index (χ3v) is 7.02. The molecular weight excluding hydrogens is 392 g/mol. The molecule has 8 nitrogen and oxygen atoms in total. The number of likely N-dealkylation sites (tertiary alicyclic amines) is 1. The minimum Gasteiger partial charge on any atom is -0.479 e. The lowest BCUT2D eigenvalue weighted by Gasteiger charge is -2.21. The minimum absolute atomic E-state index is 0.105. The topological polar surface area (TPSA) is 85.8 Å². The van der Waals surface area contributed by atoms with Gasteiger partial charge in [0.05, 0.1) is 31.6 Å². The number of nitrogens with one attached hydrogen (secondary N) is 1. The monoisotopic (exact) mass is 416 g/mol. The van der Waals surface area contributed by atoms with Crippen molar-refractivity contribution in [3.05, 3.63) is 17.8 Å². The zero-order valence-corrected chi connectivity index (χ0v) is 17.2. The number of rotatable bonds is 3. The van der Waals surface area contributed by atoms with Gasteiger partial charge in [0.25, 0.3) is 0 Å². The smallest absolute Gasteiger partial charge is 0.323 e. The summed E-state index contributed by atoms with van der Waals surface area (Å²) in [5.74, 6) is 0.469. The Labute approximate surface area is 172 Å². The Kier molecular flexibility index (Phi) is 4.89. The highest BCUT2D eigenvalue weighted by atomic mass is 32.1. The van der Waals surface area contributed by atoms with Crippen molar-refractivity contribution in [3.8, 4) is 5.88 Å². The molecule has 2 aromatic rings. The number of pyridine rings is 1. The van der Waals surface area contributed by atoms with E-state index in [-0.39, 0.29) is 11.4 Å². The predicted octanol–water partition coefficient (Wildman–Crippen LogP) is 3.15. The van der Waals surface area contributed by atoms with Crippen LogP contribution < -0.4 is 10.1 Å². The third-order valence-electron chi connectivity index (χ3n) is 6.01. The van der Waals surface area contributed by atoms with Gasteiger partial charge in [-0.1, -0.05) is 17.4 Å². The molecular formula is C20H24N4O4S. The second-order valence-corrected chi connectivity index (χ2v) is 8.84. The average molecular weight is 417 g/mol. The van der Waals surface area contributed by atoms with Gasteiger partial charge in [0.15, 0.2) is 5.13 Å². The van der Waals surface area contributed by atoms with E-state index in [4.69, 9.17) is 14.2 Å². The van der Waals surface area contributed by atoms with E-state index in [1.54, 1.807) is 7.11 Å². The Morgan fingerprint density at radius 1 is 1.34 bits per heavy atom. The Morgan fingerprint density at radius 3 is 3.03 bits per heavy atom. The van der Waals surface area contributed by atoms with Crippen LogP contribution in [-0.2, 0) is 9.47 Å². The molecule has 2 fully saturated rings. The van der Waals surface area contributed by atoms with E-state index in [0.29, 0.717) is 29.7 Å². The quantitative estimate of drug-likeness (QED) is 0.827. The second-order valence-electron chi connectivity index (χ2n) is 7.84. The van der Waals surface area contributed by atoms with Crippen molar-refractivity contribution in [2.45, 2.75) is 19.3 Å². The molecule has 0 saturated carbocycles. The number of anilines is 1. The number of nitrogens with zero attached hydrogens (tertiary/aromatic N) is 3. The second kappa shape index (κ2) is 7.55. The zero-order chi connectivity index (χ0) is 19.8. The Hall–Kier alpha value is -2.23. The molecule has 9 heteroatoms. The van der Waals surface area contributed by atoms with Crippen molar-refractivity contribution in [2.75, 3.05) is 51.9 Å². The Bertz CT molecular complexity index is 967. The summed E-state index contributed by atoms with van der Waals surface area (Å²) in [6, 6.07) is -0.105. The molecule has 1 unspecified atom stereocenters. The van der Waals surface area contributed by atoms with Crippen LogP contribution in [0.2, 0.25) is 0 Å². The number of thiazole rings is 1. The summed E-state index contributed by atoms with van der Waals surface area (Å²) in [4.78, 5) is 23.8. The number of amides is 2. The third kappa shape index (κ3) is 3.47. The number of aromatic nitrogens is 2.